The number of hydrogen-bond acceptors (Lipinski definition) is 3. The van der Waals surface area contributed by atoms with Gasteiger partial charge in [0.25, 0.3) is 0 Å². The summed E-state index contributed by atoms with van der Waals surface area (Å²) in [5.41, 5.74) is 0. The molecule has 0 spiro atoms. The number of piperidine rings is 1. The van der Waals surface area contributed by atoms with E-state index in [1.54, 1.807) is 6.33 Å². The Morgan fingerprint density at radius 1 is 1.29 bits per heavy atom. The van der Waals surface area contributed by atoms with E-state index in [1.165, 1.54) is 19.3 Å². The molecule has 1 N–H and O–H groups in total. The molecular weight excluding hydrogens is 178 g/mol. The van der Waals surface area contributed by atoms with Crippen molar-refractivity contribution in [3.63, 3.8) is 0 Å². The summed E-state index contributed by atoms with van der Waals surface area (Å²) in [6.07, 6.45) is 7.69. The van der Waals surface area contributed by atoms with E-state index >= 15 is 0 Å². The monoisotopic (exact) mass is 195 g/mol. The van der Waals surface area contributed by atoms with Crippen LogP contribution in [0.3, 0.4) is 0 Å². The van der Waals surface area contributed by atoms with Gasteiger partial charge in [0.05, 0.1) is 12.9 Å². The highest BCUT2D eigenvalue weighted by Gasteiger charge is 2.12. The summed E-state index contributed by atoms with van der Waals surface area (Å²) in [5.74, 6) is 1.05. The second kappa shape index (κ2) is 4.46. The van der Waals surface area contributed by atoms with E-state index in [9.17, 15) is 0 Å². The number of aliphatic hydroxyl groups is 1. The zero-order valence-corrected chi connectivity index (χ0v) is 8.39. The molecule has 1 aliphatic heterocycles. The van der Waals surface area contributed by atoms with Crippen LogP contribution >= 0.6 is 0 Å². The summed E-state index contributed by atoms with van der Waals surface area (Å²) in [5, 5.41) is 8.78. The molecule has 4 heteroatoms. The van der Waals surface area contributed by atoms with Gasteiger partial charge >= 0.3 is 0 Å². The number of aliphatic hydroxyl groups excluding tert-OH is 1. The van der Waals surface area contributed by atoms with Crippen molar-refractivity contribution in [3.05, 3.63) is 12.5 Å². The Morgan fingerprint density at radius 2 is 2.07 bits per heavy atom. The molecule has 0 saturated carbocycles. The predicted molar refractivity (Wildman–Crippen MR) is 55.4 cm³/mol. The van der Waals surface area contributed by atoms with Crippen LogP contribution in [0.25, 0.3) is 0 Å². The van der Waals surface area contributed by atoms with Crippen LogP contribution in [-0.4, -0.2) is 34.4 Å². The molecule has 0 unspecified atom stereocenters. The van der Waals surface area contributed by atoms with Crippen molar-refractivity contribution in [1.82, 2.24) is 9.55 Å². The van der Waals surface area contributed by atoms with Crippen molar-refractivity contribution in [3.8, 4) is 0 Å². The normalized spacial score (nSPS) is 17.4. The molecular formula is C10H17N3O. The zero-order chi connectivity index (χ0) is 9.80. The van der Waals surface area contributed by atoms with E-state index in [4.69, 9.17) is 5.11 Å². The minimum Gasteiger partial charge on any atom is -0.395 e. The molecule has 0 aliphatic carbocycles. The van der Waals surface area contributed by atoms with Crippen LogP contribution in [0, 0.1) is 0 Å². The van der Waals surface area contributed by atoms with Crippen LogP contribution in [-0.2, 0) is 6.54 Å². The fraction of sp³-hybridized carbons (Fsp3) is 0.700. The summed E-state index contributed by atoms with van der Waals surface area (Å²) < 4.78 is 1.93. The molecule has 14 heavy (non-hydrogen) atoms. The van der Waals surface area contributed by atoms with Crippen LogP contribution in [0.1, 0.15) is 19.3 Å². The lowest BCUT2D eigenvalue weighted by atomic mass is 10.1. The van der Waals surface area contributed by atoms with Crippen LogP contribution < -0.4 is 4.90 Å². The van der Waals surface area contributed by atoms with E-state index in [2.05, 4.69) is 9.88 Å². The fourth-order valence-electron chi connectivity index (χ4n) is 1.87. The molecule has 0 atom stereocenters. The number of anilines is 1. The van der Waals surface area contributed by atoms with Gasteiger partial charge in [-0.2, -0.15) is 0 Å². The fourth-order valence-corrected chi connectivity index (χ4v) is 1.87. The lowest BCUT2D eigenvalue weighted by Crippen LogP contribution is -2.29. The second-order valence-corrected chi connectivity index (χ2v) is 3.74. The topological polar surface area (TPSA) is 41.3 Å². The Morgan fingerprint density at radius 3 is 2.79 bits per heavy atom. The SMILES string of the molecule is OCCn1cnc(N2CCCCC2)c1. The third kappa shape index (κ3) is 2.07. The number of imidazole rings is 1. The van der Waals surface area contributed by atoms with E-state index in [0.29, 0.717) is 6.54 Å². The Labute approximate surface area is 84.2 Å². The first-order valence-electron chi connectivity index (χ1n) is 5.28. The molecule has 0 bridgehead atoms. The number of hydrogen-bond donors (Lipinski definition) is 1. The highest BCUT2D eigenvalue weighted by Crippen LogP contribution is 2.16. The first kappa shape index (κ1) is 9.52. The van der Waals surface area contributed by atoms with Crippen LogP contribution in [0.15, 0.2) is 12.5 Å². The molecule has 78 valence electrons. The third-order valence-electron chi connectivity index (χ3n) is 2.66. The van der Waals surface area contributed by atoms with E-state index in [-0.39, 0.29) is 6.61 Å². The molecule has 0 radical (unpaired) electrons. The predicted octanol–water partition coefficient (Wildman–Crippen LogP) is 0.866. The van der Waals surface area contributed by atoms with Crippen molar-refractivity contribution < 1.29 is 5.11 Å². The Balaban J connectivity index is 2.00. The molecule has 0 amide bonds. The van der Waals surface area contributed by atoms with Crippen LogP contribution in [0.2, 0.25) is 0 Å². The number of rotatable bonds is 3. The molecule has 2 rings (SSSR count). The summed E-state index contributed by atoms with van der Waals surface area (Å²) >= 11 is 0. The quantitative estimate of drug-likeness (QED) is 0.778. The Bertz CT molecular complexity index is 279. The largest absolute Gasteiger partial charge is 0.395 e. The molecule has 2 heterocycles. The minimum atomic E-state index is 0.176. The lowest BCUT2D eigenvalue weighted by molar-refractivity contribution is 0.276. The van der Waals surface area contributed by atoms with Gasteiger partial charge in [-0.15, -0.1) is 0 Å². The maximum atomic E-state index is 8.78. The number of nitrogens with zero attached hydrogens (tertiary/aromatic N) is 3. The van der Waals surface area contributed by atoms with Crippen molar-refractivity contribution in [2.24, 2.45) is 0 Å². The van der Waals surface area contributed by atoms with Crippen LogP contribution in [0.4, 0.5) is 5.82 Å². The van der Waals surface area contributed by atoms with Gasteiger partial charge in [0.2, 0.25) is 0 Å². The van der Waals surface area contributed by atoms with Gasteiger partial charge in [0.15, 0.2) is 0 Å². The van der Waals surface area contributed by atoms with Gasteiger partial charge in [-0.1, -0.05) is 0 Å². The molecule has 1 aromatic heterocycles. The average Bonchev–Trinajstić information content (AvgIpc) is 2.68. The summed E-state index contributed by atoms with van der Waals surface area (Å²) in [4.78, 5) is 6.65. The summed E-state index contributed by atoms with van der Waals surface area (Å²) in [6, 6.07) is 0. The highest BCUT2D eigenvalue weighted by atomic mass is 16.3. The maximum absolute atomic E-state index is 8.78. The van der Waals surface area contributed by atoms with E-state index < -0.39 is 0 Å². The van der Waals surface area contributed by atoms with E-state index in [1.807, 2.05) is 10.8 Å². The highest BCUT2D eigenvalue weighted by molar-refractivity contribution is 5.36. The molecule has 4 nitrogen and oxygen atoms in total. The van der Waals surface area contributed by atoms with Crippen molar-refractivity contribution >= 4 is 5.82 Å². The number of aromatic nitrogens is 2. The van der Waals surface area contributed by atoms with Gasteiger partial charge < -0.3 is 14.6 Å². The van der Waals surface area contributed by atoms with Gasteiger partial charge in [0.1, 0.15) is 5.82 Å². The van der Waals surface area contributed by atoms with Crippen LogP contribution in [0.5, 0.6) is 0 Å². The first-order valence-corrected chi connectivity index (χ1v) is 5.28. The minimum absolute atomic E-state index is 0.176. The summed E-state index contributed by atoms with van der Waals surface area (Å²) in [7, 11) is 0. The smallest absolute Gasteiger partial charge is 0.146 e. The Kier molecular flexibility index (Phi) is 3.03. The molecule has 1 fully saturated rings. The molecule has 0 aromatic carbocycles. The van der Waals surface area contributed by atoms with Crippen molar-refractivity contribution in [1.29, 1.82) is 0 Å². The third-order valence-corrected chi connectivity index (χ3v) is 2.66. The second-order valence-electron chi connectivity index (χ2n) is 3.74. The first-order chi connectivity index (χ1) is 6.90. The van der Waals surface area contributed by atoms with Crippen molar-refractivity contribution in [2.75, 3.05) is 24.6 Å². The zero-order valence-electron chi connectivity index (χ0n) is 8.39. The molecule has 1 saturated heterocycles. The summed E-state index contributed by atoms with van der Waals surface area (Å²) in [6.45, 7) is 3.06. The Hall–Kier alpha value is -1.03. The molecule has 1 aromatic rings. The average molecular weight is 195 g/mol. The van der Waals surface area contributed by atoms with Gasteiger partial charge in [0, 0.05) is 25.8 Å². The molecule has 1 aliphatic rings. The van der Waals surface area contributed by atoms with Crippen molar-refractivity contribution in [2.45, 2.75) is 25.8 Å². The van der Waals surface area contributed by atoms with Gasteiger partial charge in [-0.05, 0) is 19.3 Å². The van der Waals surface area contributed by atoms with Gasteiger partial charge in [-0.3, -0.25) is 0 Å². The standard InChI is InChI=1S/C10H17N3O/c14-7-6-12-8-10(11-9-12)13-4-2-1-3-5-13/h8-9,14H,1-7H2. The lowest BCUT2D eigenvalue weighted by Gasteiger charge is -2.26. The van der Waals surface area contributed by atoms with Gasteiger partial charge in [-0.25, -0.2) is 4.98 Å². The maximum Gasteiger partial charge on any atom is 0.146 e. The van der Waals surface area contributed by atoms with E-state index in [0.717, 1.165) is 18.9 Å².